The van der Waals surface area contributed by atoms with E-state index < -0.39 is 0 Å². The van der Waals surface area contributed by atoms with Gasteiger partial charge in [0.25, 0.3) is 0 Å². The van der Waals surface area contributed by atoms with E-state index in [-0.39, 0.29) is 0 Å². The summed E-state index contributed by atoms with van der Waals surface area (Å²) in [6, 6.07) is 2.80. The fourth-order valence-electron chi connectivity index (χ4n) is 4.18. The molecule has 2 fully saturated rings. The Bertz CT molecular complexity index is 678. The van der Waals surface area contributed by atoms with Crippen molar-refractivity contribution in [3.63, 3.8) is 0 Å². The Kier molecular flexibility index (Phi) is 4.57. The average molecular weight is 327 g/mol. The van der Waals surface area contributed by atoms with E-state index in [1.807, 2.05) is 12.4 Å². The van der Waals surface area contributed by atoms with Crippen LogP contribution in [-0.4, -0.2) is 77.2 Å². The highest BCUT2D eigenvalue weighted by atomic mass is 15.3. The standard InChI is InChI=1S/C19H29N5/c1-16-14-24(19-3-6-20-13-18(16)19)17-4-7-22(8-5-17)15-23-11-9-21(2)10-12-23/h3,6,13-14,17H,4-5,7-12,15H2,1-2H3. The second-order valence-corrected chi connectivity index (χ2v) is 7.52. The van der Waals surface area contributed by atoms with Gasteiger partial charge in [-0.2, -0.15) is 0 Å². The number of fused-ring (bicyclic) bond motifs is 1. The van der Waals surface area contributed by atoms with Gasteiger partial charge in [0.15, 0.2) is 0 Å². The SMILES string of the molecule is Cc1cn(C2CCN(CN3CCN(C)CC3)CC2)c2ccncc12. The van der Waals surface area contributed by atoms with Crippen LogP contribution in [0.15, 0.2) is 24.7 Å². The van der Waals surface area contributed by atoms with Crippen LogP contribution in [0, 0.1) is 6.92 Å². The molecule has 0 unspecified atom stereocenters. The summed E-state index contributed by atoms with van der Waals surface area (Å²) in [5, 5.41) is 1.30. The summed E-state index contributed by atoms with van der Waals surface area (Å²) >= 11 is 0. The predicted molar refractivity (Wildman–Crippen MR) is 98.3 cm³/mol. The average Bonchev–Trinajstić information content (AvgIpc) is 2.95. The maximum absolute atomic E-state index is 4.28. The Balaban J connectivity index is 1.37. The molecule has 2 aromatic heterocycles. The van der Waals surface area contributed by atoms with E-state index in [0.29, 0.717) is 6.04 Å². The van der Waals surface area contributed by atoms with Gasteiger partial charge < -0.3 is 9.47 Å². The summed E-state index contributed by atoms with van der Waals surface area (Å²) < 4.78 is 2.50. The fourth-order valence-corrected chi connectivity index (χ4v) is 4.18. The van der Waals surface area contributed by atoms with Crippen molar-refractivity contribution in [1.29, 1.82) is 0 Å². The fraction of sp³-hybridized carbons (Fsp3) is 0.632. The lowest BCUT2D eigenvalue weighted by Crippen LogP contribution is -2.50. The zero-order valence-corrected chi connectivity index (χ0v) is 15.0. The lowest BCUT2D eigenvalue weighted by molar-refractivity contribution is 0.0647. The number of hydrogen-bond donors (Lipinski definition) is 0. The molecule has 2 aliphatic rings. The highest BCUT2D eigenvalue weighted by Gasteiger charge is 2.24. The summed E-state index contributed by atoms with van der Waals surface area (Å²) in [4.78, 5) is 12.0. The zero-order valence-electron chi connectivity index (χ0n) is 15.0. The first-order chi connectivity index (χ1) is 11.7. The van der Waals surface area contributed by atoms with Gasteiger partial charge in [0.2, 0.25) is 0 Å². The summed E-state index contributed by atoms with van der Waals surface area (Å²) in [5.74, 6) is 0. The molecular weight excluding hydrogens is 298 g/mol. The molecule has 0 bridgehead atoms. The molecule has 0 aliphatic carbocycles. The highest BCUT2D eigenvalue weighted by Crippen LogP contribution is 2.29. The molecule has 0 aromatic carbocycles. The number of pyridine rings is 1. The van der Waals surface area contributed by atoms with Gasteiger partial charge in [-0.3, -0.25) is 14.8 Å². The van der Waals surface area contributed by atoms with Gasteiger partial charge >= 0.3 is 0 Å². The van der Waals surface area contributed by atoms with Crippen molar-refractivity contribution < 1.29 is 0 Å². The van der Waals surface area contributed by atoms with Crippen LogP contribution >= 0.6 is 0 Å². The first-order valence-corrected chi connectivity index (χ1v) is 9.25. The van der Waals surface area contributed by atoms with Crippen LogP contribution in [0.3, 0.4) is 0 Å². The van der Waals surface area contributed by atoms with Gasteiger partial charge in [-0.25, -0.2) is 0 Å². The molecule has 0 radical (unpaired) electrons. The third kappa shape index (κ3) is 3.21. The van der Waals surface area contributed by atoms with Crippen molar-refractivity contribution in [3.8, 4) is 0 Å². The molecule has 0 amide bonds. The second kappa shape index (κ2) is 6.82. The van der Waals surface area contributed by atoms with Crippen LogP contribution in [-0.2, 0) is 0 Å². The van der Waals surface area contributed by atoms with Gasteiger partial charge in [0.1, 0.15) is 0 Å². The minimum atomic E-state index is 0.632. The van der Waals surface area contributed by atoms with Crippen LogP contribution in [0.2, 0.25) is 0 Å². The molecular formula is C19H29N5. The molecule has 4 rings (SSSR count). The maximum Gasteiger partial charge on any atom is 0.0516 e. The lowest BCUT2D eigenvalue weighted by Gasteiger charge is -2.39. The molecule has 4 heterocycles. The minimum Gasteiger partial charge on any atom is -0.344 e. The number of aromatic nitrogens is 2. The smallest absolute Gasteiger partial charge is 0.0516 e. The Labute approximate surface area is 144 Å². The molecule has 2 saturated heterocycles. The normalized spacial score (nSPS) is 22.4. The summed E-state index contributed by atoms with van der Waals surface area (Å²) in [6.45, 7) is 10.6. The molecule has 130 valence electrons. The summed E-state index contributed by atoms with van der Waals surface area (Å²) in [6.07, 6.45) is 8.75. The molecule has 5 heteroatoms. The first-order valence-electron chi connectivity index (χ1n) is 9.25. The Morgan fingerprint density at radius 2 is 1.75 bits per heavy atom. The van der Waals surface area contributed by atoms with Gasteiger partial charge in [-0.15, -0.1) is 0 Å². The van der Waals surface area contributed by atoms with Crippen molar-refractivity contribution in [2.45, 2.75) is 25.8 Å². The van der Waals surface area contributed by atoms with E-state index in [9.17, 15) is 0 Å². The Morgan fingerprint density at radius 3 is 2.50 bits per heavy atom. The van der Waals surface area contributed by atoms with Crippen LogP contribution in [0.25, 0.3) is 10.9 Å². The first kappa shape index (κ1) is 16.1. The minimum absolute atomic E-state index is 0.632. The number of likely N-dealkylation sites (N-methyl/N-ethyl adjacent to an activating group) is 1. The molecule has 0 N–H and O–H groups in total. The summed E-state index contributed by atoms with van der Waals surface area (Å²) in [5.41, 5.74) is 2.69. The van der Waals surface area contributed by atoms with Crippen molar-refractivity contribution in [2.24, 2.45) is 0 Å². The zero-order chi connectivity index (χ0) is 16.5. The molecule has 2 aliphatic heterocycles. The number of hydrogen-bond acceptors (Lipinski definition) is 4. The van der Waals surface area contributed by atoms with Crippen molar-refractivity contribution >= 4 is 10.9 Å². The number of nitrogens with zero attached hydrogens (tertiary/aromatic N) is 5. The van der Waals surface area contributed by atoms with Crippen LogP contribution in [0.4, 0.5) is 0 Å². The van der Waals surface area contributed by atoms with Gasteiger partial charge in [0, 0.05) is 69.3 Å². The predicted octanol–water partition coefficient (Wildman–Crippen LogP) is 2.19. The molecule has 5 nitrogen and oxygen atoms in total. The molecule has 2 aromatic rings. The van der Waals surface area contributed by atoms with Crippen LogP contribution < -0.4 is 0 Å². The van der Waals surface area contributed by atoms with Crippen LogP contribution in [0.1, 0.15) is 24.4 Å². The van der Waals surface area contributed by atoms with Crippen molar-refractivity contribution in [3.05, 3.63) is 30.2 Å². The molecule has 0 atom stereocenters. The second-order valence-electron chi connectivity index (χ2n) is 7.52. The van der Waals surface area contributed by atoms with E-state index in [0.717, 1.165) is 6.67 Å². The van der Waals surface area contributed by atoms with Gasteiger partial charge in [-0.1, -0.05) is 0 Å². The maximum atomic E-state index is 4.28. The van der Waals surface area contributed by atoms with E-state index in [4.69, 9.17) is 0 Å². The van der Waals surface area contributed by atoms with E-state index >= 15 is 0 Å². The monoisotopic (exact) mass is 327 g/mol. The quantitative estimate of drug-likeness (QED) is 0.864. The Hall–Kier alpha value is -1.43. The van der Waals surface area contributed by atoms with Crippen molar-refractivity contribution in [1.82, 2.24) is 24.3 Å². The lowest BCUT2D eigenvalue weighted by atomic mass is 10.0. The summed E-state index contributed by atoms with van der Waals surface area (Å²) in [7, 11) is 2.22. The topological polar surface area (TPSA) is 27.5 Å². The third-order valence-corrected chi connectivity index (χ3v) is 5.78. The number of rotatable bonds is 3. The van der Waals surface area contributed by atoms with E-state index in [1.165, 1.54) is 68.6 Å². The number of piperidine rings is 1. The highest BCUT2D eigenvalue weighted by molar-refractivity contribution is 5.82. The van der Waals surface area contributed by atoms with Gasteiger partial charge in [-0.05, 0) is 38.4 Å². The third-order valence-electron chi connectivity index (χ3n) is 5.78. The number of aryl methyl sites for hydroxylation is 1. The molecule has 0 spiro atoms. The Morgan fingerprint density at radius 1 is 1.04 bits per heavy atom. The molecule has 0 saturated carbocycles. The van der Waals surface area contributed by atoms with Crippen molar-refractivity contribution in [2.75, 3.05) is 53.0 Å². The largest absolute Gasteiger partial charge is 0.344 e. The number of likely N-dealkylation sites (tertiary alicyclic amines) is 1. The number of piperazine rings is 1. The van der Waals surface area contributed by atoms with Crippen LogP contribution in [0.5, 0.6) is 0 Å². The van der Waals surface area contributed by atoms with Gasteiger partial charge in [0.05, 0.1) is 12.2 Å². The van der Waals surface area contributed by atoms with E-state index in [1.54, 1.807) is 0 Å². The van der Waals surface area contributed by atoms with E-state index in [2.05, 4.69) is 50.5 Å². The molecule has 24 heavy (non-hydrogen) atoms.